The maximum absolute atomic E-state index is 11.3. The third kappa shape index (κ3) is 5.27. The first-order valence-electron chi connectivity index (χ1n) is 6.42. The number of rotatable bonds is 4. The van der Waals surface area contributed by atoms with Crippen molar-refractivity contribution in [1.29, 1.82) is 5.26 Å². The molecule has 0 N–H and O–H groups in total. The van der Waals surface area contributed by atoms with E-state index < -0.39 is 40.7 Å². The van der Waals surface area contributed by atoms with Gasteiger partial charge in [-0.15, -0.1) is 0 Å². The van der Waals surface area contributed by atoms with E-state index in [2.05, 4.69) is 15.9 Å². The van der Waals surface area contributed by atoms with Crippen LogP contribution in [0.15, 0.2) is 0 Å². The molecule has 0 bridgehead atoms. The minimum absolute atomic E-state index is 0.0440. The number of nitriles is 1. The molecule has 0 spiro atoms. The lowest BCUT2D eigenvalue weighted by molar-refractivity contribution is -0.212. The van der Waals surface area contributed by atoms with Gasteiger partial charge in [-0.1, -0.05) is 0 Å². The van der Waals surface area contributed by atoms with Gasteiger partial charge in [0.1, 0.15) is 24.9 Å². The number of ether oxygens (including phenoxy) is 4. The Kier molecular flexibility index (Phi) is 6.32. The number of nitrogens with zero attached hydrogens (tertiary/aromatic N) is 1. The SMILES string of the molecule is CC(=O)OCC1OC(Br)(C#N)CC(OC(C)=O)C1OC(C)=O. The highest BCUT2D eigenvalue weighted by atomic mass is 79.9. The molecule has 22 heavy (non-hydrogen) atoms. The van der Waals surface area contributed by atoms with Crippen molar-refractivity contribution in [3.8, 4) is 6.07 Å². The number of carbonyl (C=O) groups excluding carboxylic acids is 3. The molecule has 0 aromatic rings. The van der Waals surface area contributed by atoms with E-state index in [1.807, 2.05) is 6.07 Å². The second-order valence-corrected chi connectivity index (χ2v) is 6.01. The molecule has 0 aromatic heterocycles. The molecular formula is C13H16BrNO7. The van der Waals surface area contributed by atoms with E-state index >= 15 is 0 Å². The van der Waals surface area contributed by atoms with E-state index in [9.17, 15) is 19.6 Å². The standard InChI is InChI=1S/C13H16BrNO7/c1-7(16)19-5-11-12(21-9(3)18)10(20-8(2)17)4-13(14,6-15)22-11/h10-12H,4-5H2,1-3H3. The molecule has 122 valence electrons. The fourth-order valence-electron chi connectivity index (χ4n) is 2.04. The molecule has 1 saturated heterocycles. The Morgan fingerprint density at radius 2 is 1.82 bits per heavy atom. The van der Waals surface area contributed by atoms with Crippen molar-refractivity contribution in [2.24, 2.45) is 0 Å². The van der Waals surface area contributed by atoms with Crippen LogP contribution in [0.4, 0.5) is 0 Å². The summed E-state index contributed by atoms with van der Waals surface area (Å²) in [6, 6.07) is 1.90. The van der Waals surface area contributed by atoms with Crippen molar-refractivity contribution in [3.05, 3.63) is 0 Å². The topological polar surface area (TPSA) is 112 Å². The third-order valence-corrected chi connectivity index (χ3v) is 3.46. The molecule has 0 aromatic carbocycles. The Labute approximate surface area is 135 Å². The van der Waals surface area contributed by atoms with Crippen LogP contribution in [-0.4, -0.2) is 47.3 Å². The summed E-state index contributed by atoms with van der Waals surface area (Å²) in [5.74, 6) is -1.77. The van der Waals surface area contributed by atoms with E-state index in [0.29, 0.717) is 0 Å². The third-order valence-electron chi connectivity index (χ3n) is 2.77. The van der Waals surface area contributed by atoms with Gasteiger partial charge in [0.15, 0.2) is 6.10 Å². The second kappa shape index (κ2) is 7.56. The predicted molar refractivity (Wildman–Crippen MR) is 74.5 cm³/mol. The smallest absolute Gasteiger partial charge is 0.303 e. The van der Waals surface area contributed by atoms with Gasteiger partial charge in [0, 0.05) is 27.2 Å². The fraction of sp³-hybridized carbons (Fsp3) is 0.692. The molecular weight excluding hydrogens is 362 g/mol. The number of carbonyl (C=O) groups is 3. The van der Waals surface area contributed by atoms with Gasteiger partial charge >= 0.3 is 17.9 Å². The molecule has 0 amide bonds. The summed E-state index contributed by atoms with van der Waals surface area (Å²) in [5.41, 5.74) is 0. The Morgan fingerprint density at radius 3 is 2.27 bits per heavy atom. The van der Waals surface area contributed by atoms with Crippen LogP contribution in [0.5, 0.6) is 0 Å². The molecule has 1 rings (SSSR count). The maximum atomic E-state index is 11.3. The average Bonchev–Trinajstić information content (AvgIpc) is 2.38. The molecule has 4 atom stereocenters. The van der Waals surface area contributed by atoms with E-state index in [4.69, 9.17) is 18.9 Å². The summed E-state index contributed by atoms with van der Waals surface area (Å²) in [6.07, 6.45) is -2.89. The van der Waals surface area contributed by atoms with Crippen LogP contribution in [-0.2, 0) is 33.3 Å². The summed E-state index contributed by atoms with van der Waals surface area (Å²) in [4.78, 5) is 33.4. The van der Waals surface area contributed by atoms with Crippen LogP contribution in [0.25, 0.3) is 0 Å². The van der Waals surface area contributed by atoms with Crippen molar-refractivity contribution in [3.63, 3.8) is 0 Å². The normalized spacial score (nSPS) is 30.8. The summed E-state index contributed by atoms with van der Waals surface area (Å²) >= 11 is 3.11. The van der Waals surface area contributed by atoms with Gasteiger partial charge in [-0.25, -0.2) is 0 Å². The largest absolute Gasteiger partial charge is 0.463 e. The Morgan fingerprint density at radius 1 is 1.23 bits per heavy atom. The van der Waals surface area contributed by atoms with E-state index in [1.165, 1.54) is 20.8 Å². The lowest BCUT2D eigenvalue weighted by Gasteiger charge is -2.41. The van der Waals surface area contributed by atoms with E-state index in [0.717, 1.165) is 0 Å². The Hall–Kier alpha value is -1.66. The zero-order valence-electron chi connectivity index (χ0n) is 12.3. The zero-order chi connectivity index (χ0) is 16.9. The van der Waals surface area contributed by atoms with Crippen LogP contribution < -0.4 is 0 Å². The molecule has 9 heteroatoms. The maximum Gasteiger partial charge on any atom is 0.303 e. The van der Waals surface area contributed by atoms with Crippen LogP contribution in [0, 0.1) is 11.3 Å². The summed E-state index contributed by atoms with van der Waals surface area (Å²) in [7, 11) is 0. The first kappa shape index (κ1) is 18.4. The van der Waals surface area contributed by atoms with Crippen molar-refractivity contribution >= 4 is 33.8 Å². The van der Waals surface area contributed by atoms with Gasteiger partial charge in [0.05, 0.1) is 0 Å². The van der Waals surface area contributed by atoms with Gasteiger partial charge in [0.2, 0.25) is 4.51 Å². The van der Waals surface area contributed by atoms with Crippen LogP contribution in [0.3, 0.4) is 0 Å². The number of hydrogen-bond donors (Lipinski definition) is 0. The molecule has 1 fully saturated rings. The first-order chi connectivity index (χ1) is 10.2. The van der Waals surface area contributed by atoms with Gasteiger partial charge in [-0.2, -0.15) is 5.26 Å². The Balaban J connectivity index is 3.03. The highest BCUT2D eigenvalue weighted by Gasteiger charge is 2.50. The second-order valence-electron chi connectivity index (χ2n) is 4.73. The van der Waals surface area contributed by atoms with Crippen molar-refractivity contribution in [2.75, 3.05) is 6.61 Å². The zero-order valence-corrected chi connectivity index (χ0v) is 13.9. The van der Waals surface area contributed by atoms with E-state index in [-0.39, 0.29) is 13.0 Å². The molecule has 0 saturated carbocycles. The van der Waals surface area contributed by atoms with E-state index in [1.54, 1.807) is 0 Å². The van der Waals surface area contributed by atoms with Gasteiger partial charge < -0.3 is 18.9 Å². The molecule has 1 heterocycles. The van der Waals surface area contributed by atoms with Gasteiger partial charge in [-0.3, -0.25) is 14.4 Å². The molecule has 8 nitrogen and oxygen atoms in total. The summed E-state index contributed by atoms with van der Waals surface area (Å²) < 4.78 is 19.2. The highest BCUT2D eigenvalue weighted by molar-refractivity contribution is 9.10. The summed E-state index contributed by atoms with van der Waals surface area (Å²) in [5, 5.41) is 9.19. The Bertz CT molecular complexity index is 503. The van der Waals surface area contributed by atoms with Crippen LogP contribution in [0.1, 0.15) is 27.2 Å². The number of esters is 3. The molecule has 1 aliphatic heterocycles. The van der Waals surface area contributed by atoms with Crippen LogP contribution in [0.2, 0.25) is 0 Å². The highest BCUT2D eigenvalue weighted by Crippen LogP contribution is 2.37. The van der Waals surface area contributed by atoms with Crippen molar-refractivity contribution in [2.45, 2.75) is 50.0 Å². The minimum atomic E-state index is -1.44. The van der Waals surface area contributed by atoms with Crippen molar-refractivity contribution < 1.29 is 33.3 Å². The quantitative estimate of drug-likeness (QED) is 0.402. The number of halogens is 1. The van der Waals surface area contributed by atoms with Crippen molar-refractivity contribution in [1.82, 2.24) is 0 Å². The average molecular weight is 378 g/mol. The molecule has 0 radical (unpaired) electrons. The first-order valence-corrected chi connectivity index (χ1v) is 7.22. The van der Waals surface area contributed by atoms with Crippen LogP contribution >= 0.6 is 15.9 Å². The van der Waals surface area contributed by atoms with Gasteiger partial charge in [0.25, 0.3) is 0 Å². The predicted octanol–water partition coefficient (Wildman–Crippen LogP) is 0.817. The summed E-state index contributed by atoms with van der Waals surface area (Å²) in [6.45, 7) is 3.34. The number of alkyl halides is 1. The molecule has 1 aliphatic rings. The number of hydrogen-bond acceptors (Lipinski definition) is 8. The van der Waals surface area contributed by atoms with Gasteiger partial charge in [-0.05, 0) is 15.9 Å². The molecule has 4 unspecified atom stereocenters. The monoisotopic (exact) mass is 377 g/mol. The minimum Gasteiger partial charge on any atom is -0.463 e. The molecule has 0 aliphatic carbocycles. The fourth-order valence-corrected chi connectivity index (χ4v) is 2.59. The lowest BCUT2D eigenvalue weighted by Crippen LogP contribution is -2.56. The lowest BCUT2D eigenvalue weighted by atomic mass is 9.98.